The van der Waals surface area contributed by atoms with Crippen LogP contribution in [0.25, 0.3) is 0 Å². The van der Waals surface area contributed by atoms with Gasteiger partial charge in [0.05, 0.1) is 0 Å². The van der Waals surface area contributed by atoms with Crippen LogP contribution in [0, 0.1) is 5.41 Å². The molecule has 0 saturated heterocycles. The molecule has 7 heteroatoms. The molecule has 1 saturated carbocycles. The molecule has 1 aliphatic carbocycles. The van der Waals surface area contributed by atoms with E-state index in [9.17, 15) is 4.79 Å². The van der Waals surface area contributed by atoms with E-state index in [2.05, 4.69) is 36.9 Å². The zero-order chi connectivity index (χ0) is 19.5. The molecule has 0 radical (unpaired) electrons. The fourth-order valence-electron chi connectivity index (χ4n) is 3.54. The molecule has 0 spiro atoms. The summed E-state index contributed by atoms with van der Waals surface area (Å²) in [7, 11) is 3.53. The van der Waals surface area contributed by atoms with Crippen molar-refractivity contribution in [1.82, 2.24) is 16.0 Å². The van der Waals surface area contributed by atoms with Crippen LogP contribution in [0.15, 0.2) is 33.7 Å². The van der Waals surface area contributed by atoms with Gasteiger partial charge in [-0.05, 0) is 42.9 Å². The minimum Gasteiger partial charge on any atom is -0.385 e. The number of hydrogen-bond acceptors (Lipinski definition) is 3. The van der Waals surface area contributed by atoms with E-state index in [4.69, 9.17) is 4.74 Å². The number of ether oxygens (including phenoxy) is 1. The molecule has 0 aliphatic heterocycles. The van der Waals surface area contributed by atoms with Crippen molar-refractivity contribution in [1.29, 1.82) is 0 Å². The van der Waals surface area contributed by atoms with Crippen molar-refractivity contribution in [3.05, 3.63) is 34.3 Å². The Kier molecular flexibility index (Phi) is 9.07. The predicted molar refractivity (Wildman–Crippen MR) is 113 cm³/mol. The molecule has 0 bridgehead atoms. The highest BCUT2D eigenvalue weighted by Gasteiger charge is 2.33. The summed E-state index contributed by atoms with van der Waals surface area (Å²) in [4.78, 5) is 16.4. The third-order valence-corrected chi connectivity index (χ3v) is 5.64. The molecule has 3 N–H and O–H groups in total. The summed E-state index contributed by atoms with van der Waals surface area (Å²) in [6, 6.07) is 7.36. The van der Waals surface area contributed by atoms with Gasteiger partial charge < -0.3 is 20.7 Å². The van der Waals surface area contributed by atoms with Crippen LogP contribution in [0.5, 0.6) is 0 Å². The molecule has 150 valence electrons. The van der Waals surface area contributed by atoms with Crippen LogP contribution in [-0.4, -0.2) is 52.3 Å². The number of guanidine groups is 1. The summed E-state index contributed by atoms with van der Waals surface area (Å²) in [6.07, 6.45) is 6.14. The maximum atomic E-state index is 12.1. The number of aliphatic imine (C=N–C) groups is 1. The summed E-state index contributed by atoms with van der Waals surface area (Å²) in [5.41, 5.74) is 0.955. The first-order valence-corrected chi connectivity index (χ1v) is 10.4. The van der Waals surface area contributed by atoms with E-state index in [1.165, 1.54) is 25.7 Å². The number of amides is 1. The van der Waals surface area contributed by atoms with Crippen LogP contribution < -0.4 is 16.0 Å². The summed E-state index contributed by atoms with van der Waals surface area (Å²) in [5, 5.41) is 9.64. The molecule has 0 atom stereocenters. The number of nitrogens with zero attached hydrogens (tertiary/aromatic N) is 1. The van der Waals surface area contributed by atoms with Crippen LogP contribution in [0.4, 0.5) is 0 Å². The molecular formula is C20H31BrN4O2. The summed E-state index contributed by atoms with van der Waals surface area (Å²) in [5.74, 6) is 0.695. The largest absolute Gasteiger partial charge is 0.385 e. The van der Waals surface area contributed by atoms with Crippen LogP contribution in [-0.2, 0) is 4.74 Å². The molecule has 2 rings (SSSR count). The monoisotopic (exact) mass is 438 g/mol. The third kappa shape index (κ3) is 7.14. The average molecular weight is 439 g/mol. The lowest BCUT2D eigenvalue weighted by molar-refractivity contribution is 0.0954. The topological polar surface area (TPSA) is 74.8 Å². The molecule has 1 fully saturated rings. The highest BCUT2D eigenvalue weighted by Crippen LogP contribution is 2.40. The lowest BCUT2D eigenvalue weighted by Gasteiger charge is -2.30. The zero-order valence-corrected chi connectivity index (χ0v) is 17.9. The lowest BCUT2D eigenvalue weighted by atomic mass is 9.83. The minimum absolute atomic E-state index is 0.0782. The highest BCUT2D eigenvalue weighted by molar-refractivity contribution is 9.10. The quantitative estimate of drug-likeness (QED) is 0.314. The maximum Gasteiger partial charge on any atom is 0.251 e. The number of carbonyl (C=O) groups is 1. The van der Waals surface area contributed by atoms with Crippen molar-refractivity contribution < 1.29 is 9.53 Å². The molecule has 27 heavy (non-hydrogen) atoms. The van der Waals surface area contributed by atoms with E-state index < -0.39 is 0 Å². The van der Waals surface area contributed by atoms with Crippen molar-refractivity contribution in [3.63, 3.8) is 0 Å². The Morgan fingerprint density at radius 3 is 2.63 bits per heavy atom. The lowest BCUT2D eigenvalue weighted by Crippen LogP contribution is -2.45. The minimum atomic E-state index is -0.0782. The van der Waals surface area contributed by atoms with Crippen molar-refractivity contribution in [2.75, 3.05) is 40.4 Å². The Bertz CT molecular complexity index is 630. The first-order valence-electron chi connectivity index (χ1n) is 9.56. The predicted octanol–water partition coefficient (Wildman–Crippen LogP) is 2.94. The Morgan fingerprint density at radius 1 is 1.22 bits per heavy atom. The fourth-order valence-corrected chi connectivity index (χ4v) is 3.94. The SMILES string of the molecule is CN=C(NCCNC(=O)c1cccc(Br)c1)NCC1(CCOC)CCCC1. The Labute approximate surface area is 170 Å². The second kappa shape index (κ2) is 11.3. The van der Waals surface area contributed by atoms with Gasteiger partial charge in [0.25, 0.3) is 5.91 Å². The van der Waals surface area contributed by atoms with Gasteiger partial charge in [-0.2, -0.15) is 0 Å². The van der Waals surface area contributed by atoms with Gasteiger partial charge >= 0.3 is 0 Å². The number of carbonyl (C=O) groups excluding carboxylic acids is 1. The van der Waals surface area contributed by atoms with Crippen molar-refractivity contribution in [3.8, 4) is 0 Å². The molecule has 0 aromatic heterocycles. The normalized spacial score (nSPS) is 16.2. The van der Waals surface area contributed by atoms with Gasteiger partial charge in [-0.25, -0.2) is 0 Å². The van der Waals surface area contributed by atoms with Crippen molar-refractivity contribution in [2.45, 2.75) is 32.1 Å². The molecule has 0 heterocycles. The number of halogens is 1. The number of hydrogen-bond donors (Lipinski definition) is 3. The zero-order valence-electron chi connectivity index (χ0n) is 16.3. The van der Waals surface area contributed by atoms with Gasteiger partial charge in [-0.1, -0.05) is 34.8 Å². The first kappa shape index (κ1) is 21.7. The number of nitrogens with one attached hydrogen (secondary N) is 3. The second-order valence-electron chi connectivity index (χ2n) is 7.07. The van der Waals surface area contributed by atoms with Crippen LogP contribution in [0.1, 0.15) is 42.5 Å². The van der Waals surface area contributed by atoms with E-state index in [1.54, 1.807) is 20.2 Å². The van der Waals surface area contributed by atoms with E-state index >= 15 is 0 Å². The smallest absolute Gasteiger partial charge is 0.251 e. The number of benzene rings is 1. The Morgan fingerprint density at radius 2 is 1.96 bits per heavy atom. The summed E-state index contributed by atoms with van der Waals surface area (Å²) >= 11 is 3.38. The van der Waals surface area contributed by atoms with Crippen LogP contribution in [0.3, 0.4) is 0 Å². The molecule has 1 aromatic carbocycles. The molecule has 1 aliphatic rings. The first-order chi connectivity index (χ1) is 13.1. The van der Waals surface area contributed by atoms with Gasteiger partial charge in [0.2, 0.25) is 0 Å². The Hall–Kier alpha value is -1.60. The molecule has 1 aromatic rings. The van der Waals surface area contributed by atoms with Gasteiger partial charge in [-0.3, -0.25) is 9.79 Å². The van der Waals surface area contributed by atoms with Crippen molar-refractivity contribution >= 4 is 27.8 Å². The van der Waals surface area contributed by atoms with E-state index in [-0.39, 0.29) is 5.91 Å². The van der Waals surface area contributed by atoms with Gasteiger partial charge in [0.1, 0.15) is 0 Å². The van der Waals surface area contributed by atoms with E-state index in [0.29, 0.717) is 24.1 Å². The van der Waals surface area contributed by atoms with E-state index in [1.807, 2.05) is 18.2 Å². The number of rotatable bonds is 9. The summed E-state index contributed by atoms with van der Waals surface area (Å²) in [6.45, 7) is 2.85. The van der Waals surface area contributed by atoms with Crippen LogP contribution >= 0.6 is 15.9 Å². The number of methoxy groups -OCH3 is 1. The Balaban J connectivity index is 1.71. The van der Waals surface area contributed by atoms with E-state index in [0.717, 1.165) is 30.0 Å². The van der Waals surface area contributed by atoms with Gasteiger partial charge in [0, 0.05) is 50.4 Å². The van der Waals surface area contributed by atoms with Crippen LogP contribution in [0.2, 0.25) is 0 Å². The second-order valence-corrected chi connectivity index (χ2v) is 7.98. The molecule has 6 nitrogen and oxygen atoms in total. The fraction of sp³-hybridized carbons (Fsp3) is 0.600. The highest BCUT2D eigenvalue weighted by atomic mass is 79.9. The van der Waals surface area contributed by atoms with Gasteiger partial charge in [0.15, 0.2) is 5.96 Å². The maximum absolute atomic E-state index is 12.1. The van der Waals surface area contributed by atoms with Crippen molar-refractivity contribution in [2.24, 2.45) is 10.4 Å². The molecular weight excluding hydrogens is 408 g/mol. The van der Waals surface area contributed by atoms with Gasteiger partial charge in [-0.15, -0.1) is 0 Å². The molecule has 0 unspecified atom stereocenters. The third-order valence-electron chi connectivity index (χ3n) is 5.14. The standard InChI is InChI=1S/C20H31BrN4O2/c1-22-19(25-15-20(10-13-27-2)8-3-4-9-20)24-12-11-23-18(26)16-6-5-7-17(21)14-16/h5-7,14H,3-4,8-13,15H2,1-2H3,(H,23,26)(H2,22,24,25). The molecule has 1 amide bonds. The summed E-state index contributed by atoms with van der Waals surface area (Å²) < 4.78 is 6.19. The average Bonchev–Trinajstić information content (AvgIpc) is 3.15.